The number of ether oxygens (including phenoxy) is 2. The van der Waals surface area contributed by atoms with Gasteiger partial charge in [0.05, 0.1) is 41.1 Å². The molecule has 37 heavy (non-hydrogen) atoms. The van der Waals surface area contributed by atoms with Gasteiger partial charge >= 0.3 is 5.97 Å². The van der Waals surface area contributed by atoms with Crippen LogP contribution in [0.15, 0.2) is 53.4 Å². The van der Waals surface area contributed by atoms with Crippen molar-refractivity contribution in [1.29, 1.82) is 0 Å². The highest BCUT2D eigenvalue weighted by Crippen LogP contribution is 2.44. The second kappa shape index (κ2) is 9.80. The van der Waals surface area contributed by atoms with Crippen molar-refractivity contribution in [2.24, 2.45) is 0 Å². The minimum atomic E-state index is -3.85. The van der Waals surface area contributed by atoms with Gasteiger partial charge in [0.1, 0.15) is 0 Å². The molecule has 2 heterocycles. The molecule has 200 valence electrons. The van der Waals surface area contributed by atoms with Crippen molar-refractivity contribution in [3.05, 3.63) is 59.7 Å². The lowest BCUT2D eigenvalue weighted by Crippen LogP contribution is -2.49. The largest absolute Gasteiger partial charge is 0.469 e. The molecule has 1 atom stereocenters. The van der Waals surface area contributed by atoms with Crippen molar-refractivity contribution < 1.29 is 22.7 Å². The first kappa shape index (κ1) is 27.2. The maximum atomic E-state index is 14.0. The second-order valence-corrected chi connectivity index (χ2v) is 13.1. The van der Waals surface area contributed by atoms with Crippen molar-refractivity contribution in [1.82, 2.24) is 0 Å². The van der Waals surface area contributed by atoms with Crippen LogP contribution in [0.3, 0.4) is 0 Å². The molecule has 0 saturated heterocycles. The van der Waals surface area contributed by atoms with Gasteiger partial charge in [-0.1, -0.05) is 18.2 Å². The average molecular weight is 527 g/mol. The predicted molar refractivity (Wildman–Crippen MR) is 147 cm³/mol. The van der Waals surface area contributed by atoms with Gasteiger partial charge in [0.15, 0.2) is 0 Å². The molecular weight excluding hydrogens is 488 g/mol. The Morgan fingerprint density at radius 2 is 1.84 bits per heavy atom. The number of fused-ring (bicyclic) bond motifs is 1. The molecule has 2 aliphatic heterocycles. The molecule has 0 N–H and O–H groups in total. The monoisotopic (exact) mass is 526 g/mol. The van der Waals surface area contributed by atoms with Crippen LogP contribution >= 0.6 is 0 Å². The SMILES string of the molecule is COC(=O)CC[C@H]1CN(S(=O)(=O)c2cccc(C)c2)c2cc(C3=CC(C)(C)OC(C)(C)C3)ccc2N1C. The third kappa shape index (κ3) is 5.70. The first-order chi connectivity index (χ1) is 17.2. The third-order valence-corrected chi connectivity index (χ3v) is 8.86. The van der Waals surface area contributed by atoms with E-state index in [9.17, 15) is 13.2 Å². The van der Waals surface area contributed by atoms with E-state index in [1.54, 1.807) is 18.2 Å². The molecule has 0 spiro atoms. The van der Waals surface area contributed by atoms with Crippen molar-refractivity contribution in [2.45, 2.75) is 76.0 Å². The Morgan fingerprint density at radius 1 is 1.11 bits per heavy atom. The summed E-state index contributed by atoms with van der Waals surface area (Å²) in [5, 5.41) is 0. The van der Waals surface area contributed by atoms with Crippen LogP contribution in [0.25, 0.3) is 5.57 Å². The molecule has 2 aromatic rings. The van der Waals surface area contributed by atoms with Crippen LogP contribution < -0.4 is 9.21 Å². The van der Waals surface area contributed by atoms with Crippen molar-refractivity contribution in [3.8, 4) is 0 Å². The fourth-order valence-electron chi connectivity index (χ4n) is 5.52. The Morgan fingerprint density at radius 3 is 2.49 bits per heavy atom. The fraction of sp³-hybridized carbons (Fsp3) is 0.483. The van der Waals surface area contributed by atoms with Crippen LogP contribution in [0.5, 0.6) is 0 Å². The number of hydrogen-bond donors (Lipinski definition) is 0. The first-order valence-electron chi connectivity index (χ1n) is 12.7. The maximum Gasteiger partial charge on any atom is 0.305 e. The van der Waals surface area contributed by atoms with E-state index in [1.165, 1.54) is 11.4 Å². The van der Waals surface area contributed by atoms with Crippen LogP contribution in [0, 0.1) is 6.92 Å². The van der Waals surface area contributed by atoms with Crippen LogP contribution in [0.2, 0.25) is 0 Å². The number of nitrogens with zero attached hydrogens (tertiary/aromatic N) is 2. The lowest BCUT2D eigenvalue weighted by Gasteiger charge is -2.43. The van der Waals surface area contributed by atoms with Gasteiger partial charge in [-0.25, -0.2) is 8.42 Å². The smallest absolute Gasteiger partial charge is 0.305 e. The van der Waals surface area contributed by atoms with Crippen LogP contribution in [-0.4, -0.2) is 52.3 Å². The van der Waals surface area contributed by atoms with Gasteiger partial charge in [0.25, 0.3) is 10.0 Å². The van der Waals surface area contributed by atoms with Gasteiger partial charge in [-0.05, 0) is 88.1 Å². The summed E-state index contributed by atoms with van der Waals surface area (Å²) in [6.45, 7) is 10.4. The molecule has 0 fully saturated rings. The van der Waals surface area contributed by atoms with Gasteiger partial charge in [-0.15, -0.1) is 0 Å². The van der Waals surface area contributed by atoms with Gasteiger partial charge < -0.3 is 14.4 Å². The molecule has 0 bridgehead atoms. The molecule has 7 nitrogen and oxygen atoms in total. The van der Waals surface area contributed by atoms with E-state index >= 15 is 0 Å². The minimum absolute atomic E-state index is 0.183. The summed E-state index contributed by atoms with van der Waals surface area (Å²) in [5.41, 5.74) is 3.67. The quantitative estimate of drug-likeness (QED) is 0.474. The Kier molecular flexibility index (Phi) is 7.20. The van der Waals surface area contributed by atoms with Crippen molar-refractivity contribution in [3.63, 3.8) is 0 Å². The van der Waals surface area contributed by atoms with E-state index in [1.807, 2.05) is 46.0 Å². The Hall–Kier alpha value is -2.84. The normalized spacial score (nSPS) is 20.7. The molecule has 4 rings (SSSR count). The topological polar surface area (TPSA) is 76.1 Å². The van der Waals surface area contributed by atoms with E-state index in [4.69, 9.17) is 9.47 Å². The molecule has 0 saturated carbocycles. The standard InChI is InChI=1S/C29H38N2O5S/c1-20-9-8-10-24(15-20)37(33,34)31-19-23(12-14-27(32)35-7)30(6)25-13-11-21(16-26(25)31)22-17-28(2,3)36-29(4,5)18-22/h8-11,13,15-17,23H,12,14,18-19H2,1-7H3/t23-/m0/s1. The summed E-state index contributed by atoms with van der Waals surface area (Å²) in [5.74, 6) is -0.306. The van der Waals surface area contributed by atoms with Gasteiger partial charge in [0.2, 0.25) is 0 Å². The van der Waals surface area contributed by atoms with Gasteiger partial charge in [0, 0.05) is 25.9 Å². The summed E-state index contributed by atoms with van der Waals surface area (Å²) in [6.07, 6.45) is 3.55. The summed E-state index contributed by atoms with van der Waals surface area (Å²) in [6, 6.07) is 12.8. The summed E-state index contributed by atoms with van der Waals surface area (Å²) in [7, 11) is -0.523. The fourth-order valence-corrected chi connectivity index (χ4v) is 7.14. The minimum Gasteiger partial charge on any atom is -0.469 e. The number of benzene rings is 2. The average Bonchev–Trinajstić information content (AvgIpc) is 2.81. The molecule has 2 aliphatic rings. The number of rotatable bonds is 6. The van der Waals surface area contributed by atoms with Crippen molar-refractivity contribution >= 4 is 32.9 Å². The molecule has 2 aromatic carbocycles. The van der Waals surface area contributed by atoms with Crippen molar-refractivity contribution in [2.75, 3.05) is 29.9 Å². The van der Waals surface area contributed by atoms with Gasteiger partial charge in [-0.3, -0.25) is 9.10 Å². The molecule has 8 heteroatoms. The van der Waals surface area contributed by atoms with E-state index in [-0.39, 0.29) is 35.5 Å². The number of methoxy groups -OCH3 is 1. The number of carbonyl (C=O) groups is 1. The molecule has 0 aromatic heterocycles. The van der Waals surface area contributed by atoms with Gasteiger partial charge in [-0.2, -0.15) is 0 Å². The highest BCUT2D eigenvalue weighted by atomic mass is 32.2. The van der Waals surface area contributed by atoms with E-state index in [0.717, 1.165) is 28.8 Å². The number of esters is 1. The number of carbonyl (C=O) groups excluding carboxylic acids is 1. The summed E-state index contributed by atoms with van der Waals surface area (Å²) >= 11 is 0. The zero-order valence-electron chi connectivity index (χ0n) is 22.9. The maximum absolute atomic E-state index is 14.0. The summed E-state index contributed by atoms with van der Waals surface area (Å²) in [4.78, 5) is 14.2. The number of sulfonamides is 1. The highest BCUT2D eigenvalue weighted by molar-refractivity contribution is 7.92. The van der Waals surface area contributed by atoms with Crippen LogP contribution in [0.4, 0.5) is 11.4 Å². The van der Waals surface area contributed by atoms with Crippen LogP contribution in [-0.2, 0) is 24.3 Å². The molecule has 0 amide bonds. The first-order valence-corrected chi connectivity index (χ1v) is 14.1. The molecule has 0 radical (unpaired) electrons. The number of hydrogen-bond acceptors (Lipinski definition) is 6. The summed E-state index contributed by atoms with van der Waals surface area (Å²) < 4.78 is 40.6. The molecular formula is C29H38N2O5S. The Bertz CT molecular complexity index is 1330. The lowest BCUT2D eigenvalue weighted by atomic mass is 9.85. The zero-order chi connectivity index (χ0) is 27.2. The molecule has 0 aliphatic carbocycles. The lowest BCUT2D eigenvalue weighted by molar-refractivity contribution is -0.140. The van der Waals surface area contributed by atoms with E-state index < -0.39 is 15.6 Å². The number of anilines is 2. The van der Waals surface area contributed by atoms with E-state index in [0.29, 0.717) is 12.1 Å². The molecule has 0 unspecified atom stereocenters. The Balaban J connectivity index is 1.82. The predicted octanol–water partition coefficient (Wildman–Crippen LogP) is 5.32. The van der Waals surface area contributed by atoms with Crippen LogP contribution in [0.1, 0.15) is 58.1 Å². The van der Waals surface area contributed by atoms with E-state index in [2.05, 4.69) is 30.9 Å². The zero-order valence-corrected chi connectivity index (χ0v) is 23.7. The third-order valence-electron chi connectivity index (χ3n) is 7.08. The second-order valence-electron chi connectivity index (χ2n) is 11.2. The number of likely N-dealkylation sites (N-methyl/N-ethyl adjacent to an activating group) is 1. The highest BCUT2D eigenvalue weighted by Gasteiger charge is 2.38. The number of aryl methyl sites for hydroxylation is 1. The Labute approximate surface area is 221 Å².